The molecular weight excluding hydrogens is 530 g/mol. The van der Waals surface area contributed by atoms with Gasteiger partial charge in [-0.3, -0.25) is 9.59 Å². The molecule has 8 nitrogen and oxygen atoms in total. The van der Waals surface area contributed by atoms with Crippen molar-refractivity contribution < 1.29 is 23.9 Å². The molecule has 8 heteroatoms. The molecule has 2 aromatic rings. The van der Waals surface area contributed by atoms with Crippen LogP contribution in [0.15, 0.2) is 42.5 Å². The molecule has 0 aliphatic heterocycles. The number of aryl methyl sites for hydroxylation is 2. The molecule has 0 saturated carbocycles. The largest absolute Gasteiger partial charge is 0.497 e. The van der Waals surface area contributed by atoms with Crippen molar-refractivity contribution in [1.29, 1.82) is 0 Å². The zero-order valence-corrected chi connectivity index (χ0v) is 27.3. The van der Waals surface area contributed by atoms with Crippen LogP contribution in [0.3, 0.4) is 0 Å². The Hall–Kier alpha value is -3.55. The molecule has 0 fully saturated rings. The molecule has 2 rings (SSSR count). The van der Waals surface area contributed by atoms with Crippen molar-refractivity contribution >= 4 is 23.6 Å². The molecule has 0 heterocycles. The molecule has 3 unspecified atom stereocenters. The smallest absolute Gasteiger partial charge is 0.408 e. The van der Waals surface area contributed by atoms with Crippen LogP contribution in [0, 0.1) is 25.7 Å². The van der Waals surface area contributed by atoms with E-state index in [0.717, 1.165) is 17.5 Å². The molecular formula is C34H51N3O5. The minimum atomic E-state index is -0.942. The van der Waals surface area contributed by atoms with Gasteiger partial charge in [0.1, 0.15) is 23.4 Å². The number of anilines is 1. The molecule has 2 aromatic carbocycles. The van der Waals surface area contributed by atoms with Crippen molar-refractivity contribution in [3.8, 4) is 5.75 Å². The normalized spacial score (nSPS) is 13.7. The fourth-order valence-electron chi connectivity index (χ4n) is 4.68. The van der Waals surface area contributed by atoms with Gasteiger partial charge in [-0.15, -0.1) is 0 Å². The number of nitrogens with zero attached hydrogens (tertiary/aromatic N) is 1. The van der Waals surface area contributed by atoms with E-state index in [2.05, 4.69) is 24.5 Å². The Labute approximate surface area is 252 Å². The first-order chi connectivity index (χ1) is 19.5. The standard InChI is InChI=1S/C34H51N3O5/c1-21(2)12-14-25(7)37(32(39)29(22(3)4)36-33(40)42-34(8,9)10)30(26-15-13-23(5)24(6)20-26)31(38)35-27-16-18-28(41-11)19-17-27/h13,15-22,25,29-30H,12,14H2,1-11H3,(H,35,38)(H,36,40). The summed E-state index contributed by atoms with van der Waals surface area (Å²) in [7, 11) is 1.59. The highest BCUT2D eigenvalue weighted by Gasteiger charge is 2.40. The van der Waals surface area contributed by atoms with E-state index in [1.54, 1.807) is 57.0 Å². The average Bonchev–Trinajstić information content (AvgIpc) is 2.89. The molecule has 2 N–H and O–H groups in total. The Morgan fingerprint density at radius 1 is 0.881 bits per heavy atom. The summed E-state index contributed by atoms with van der Waals surface area (Å²) in [5.41, 5.74) is 2.67. The predicted octanol–water partition coefficient (Wildman–Crippen LogP) is 7.19. The number of nitrogens with one attached hydrogen (secondary N) is 2. The van der Waals surface area contributed by atoms with Crippen molar-refractivity contribution in [3.05, 3.63) is 59.2 Å². The van der Waals surface area contributed by atoms with Gasteiger partial charge in [-0.1, -0.05) is 45.9 Å². The Morgan fingerprint density at radius 3 is 2.00 bits per heavy atom. The molecule has 0 bridgehead atoms. The Kier molecular flexibility index (Phi) is 12.4. The number of carbonyl (C=O) groups excluding carboxylic acids is 3. The first-order valence-corrected chi connectivity index (χ1v) is 14.9. The second kappa shape index (κ2) is 15.1. The maximum absolute atomic E-state index is 14.5. The maximum Gasteiger partial charge on any atom is 0.408 e. The third kappa shape index (κ3) is 10.1. The first-order valence-electron chi connectivity index (χ1n) is 14.9. The Morgan fingerprint density at radius 2 is 1.50 bits per heavy atom. The molecule has 3 amide bonds. The second-order valence-corrected chi connectivity index (χ2v) is 12.9. The van der Waals surface area contributed by atoms with Crippen LogP contribution >= 0.6 is 0 Å². The zero-order valence-electron chi connectivity index (χ0n) is 27.3. The highest BCUT2D eigenvalue weighted by atomic mass is 16.6. The van der Waals surface area contributed by atoms with Crippen LogP contribution in [0.4, 0.5) is 10.5 Å². The minimum absolute atomic E-state index is 0.255. The predicted molar refractivity (Wildman–Crippen MR) is 169 cm³/mol. The molecule has 42 heavy (non-hydrogen) atoms. The second-order valence-electron chi connectivity index (χ2n) is 12.9. The van der Waals surface area contributed by atoms with E-state index in [1.807, 2.05) is 52.8 Å². The molecule has 0 saturated heterocycles. The summed E-state index contributed by atoms with van der Waals surface area (Å²) in [6.07, 6.45) is 0.892. The topological polar surface area (TPSA) is 97.0 Å². The monoisotopic (exact) mass is 581 g/mol. The number of benzene rings is 2. The lowest BCUT2D eigenvalue weighted by Gasteiger charge is -2.39. The van der Waals surface area contributed by atoms with E-state index in [1.165, 1.54) is 0 Å². The van der Waals surface area contributed by atoms with Crippen LogP contribution in [0.5, 0.6) is 5.75 Å². The van der Waals surface area contributed by atoms with Gasteiger partial charge in [0.2, 0.25) is 5.91 Å². The van der Waals surface area contributed by atoms with E-state index in [0.29, 0.717) is 29.3 Å². The third-order valence-electron chi connectivity index (χ3n) is 7.23. The zero-order chi connectivity index (χ0) is 31.8. The number of amides is 3. The number of alkyl carbamates (subject to hydrolysis) is 1. The van der Waals surface area contributed by atoms with Gasteiger partial charge in [0.05, 0.1) is 7.11 Å². The van der Waals surface area contributed by atoms with Crippen molar-refractivity contribution in [2.45, 2.75) is 106 Å². The number of hydrogen-bond acceptors (Lipinski definition) is 5. The van der Waals surface area contributed by atoms with Crippen LogP contribution in [0.25, 0.3) is 0 Å². The average molecular weight is 582 g/mol. The lowest BCUT2D eigenvalue weighted by Crippen LogP contribution is -2.56. The van der Waals surface area contributed by atoms with E-state index in [4.69, 9.17) is 9.47 Å². The van der Waals surface area contributed by atoms with Crippen LogP contribution in [0.2, 0.25) is 0 Å². The summed E-state index contributed by atoms with van der Waals surface area (Å²) in [6, 6.07) is 10.8. The van der Waals surface area contributed by atoms with Gasteiger partial charge in [-0.2, -0.15) is 0 Å². The summed E-state index contributed by atoms with van der Waals surface area (Å²) in [6.45, 7) is 19.3. The maximum atomic E-state index is 14.5. The van der Waals surface area contributed by atoms with Crippen molar-refractivity contribution in [1.82, 2.24) is 10.2 Å². The summed E-state index contributed by atoms with van der Waals surface area (Å²) in [5.74, 6) is 0.159. The molecule has 0 aliphatic carbocycles. The molecule has 0 radical (unpaired) electrons. The minimum Gasteiger partial charge on any atom is -0.497 e. The number of methoxy groups -OCH3 is 1. The van der Waals surface area contributed by atoms with Crippen molar-refractivity contribution in [3.63, 3.8) is 0 Å². The quantitative estimate of drug-likeness (QED) is 0.276. The third-order valence-corrected chi connectivity index (χ3v) is 7.23. The SMILES string of the molecule is COc1ccc(NC(=O)C(c2ccc(C)c(C)c2)N(C(=O)C(NC(=O)OC(C)(C)C)C(C)C)C(C)CCC(C)C)cc1. The molecule has 0 aliphatic rings. The lowest BCUT2D eigenvalue weighted by molar-refractivity contribution is -0.144. The number of carbonyl (C=O) groups is 3. The van der Waals surface area contributed by atoms with Gasteiger partial charge >= 0.3 is 6.09 Å². The fraction of sp³-hybridized carbons (Fsp3) is 0.559. The summed E-state index contributed by atoms with van der Waals surface area (Å²) in [5, 5.41) is 5.82. The van der Waals surface area contributed by atoms with Gasteiger partial charge < -0.3 is 25.0 Å². The fourth-order valence-corrected chi connectivity index (χ4v) is 4.68. The number of hydrogen-bond donors (Lipinski definition) is 2. The van der Waals surface area contributed by atoms with E-state index >= 15 is 0 Å². The highest BCUT2D eigenvalue weighted by molar-refractivity contribution is 5.99. The number of rotatable bonds is 12. The highest BCUT2D eigenvalue weighted by Crippen LogP contribution is 2.31. The number of ether oxygens (including phenoxy) is 2. The van der Waals surface area contributed by atoms with Gasteiger partial charge in [0, 0.05) is 11.7 Å². The molecule has 0 spiro atoms. The Balaban J connectivity index is 2.64. The van der Waals surface area contributed by atoms with Crippen LogP contribution in [0.1, 0.15) is 91.0 Å². The van der Waals surface area contributed by atoms with Gasteiger partial charge in [-0.25, -0.2) is 4.79 Å². The van der Waals surface area contributed by atoms with Crippen molar-refractivity contribution in [2.24, 2.45) is 11.8 Å². The molecule has 232 valence electrons. The van der Waals surface area contributed by atoms with Crippen molar-refractivity contribution in [2.75, 3.05) is 12.4 Å². The lowest BCUT2D eigenvalue weighted by atomic mass is 9.93. The van der Waals surface area contributed by atoms with E-state index in [9.17, 15) is 14.4 Å². The Bertz CT molecular complexity index is 1200. The molecule has 3 atom stereocenters. The van der Waals surface area contributed by atoms with Gasteiger partial charge in [0.15, 0.2) is 0 Å². The summed E-state index contributed by atoms with van der Waals surface area (Å²) in [4.78, 5) is 43.2. The van der Waals surface area contributed by atoms with Crippen LogP contribution in [-0.2, 0) is 14.3 Å². The van der Waals surface area contributed by atoms with E-state index < -0.39 is 23.8 Å². The summed E-state index contributed by atoms with van der Waals surface area (Å²) < 4.78 is 10.8. The summed E-state index contributed by atoms with van der Waals surface area (Å²) >= 11 is 0. The van der Waals surface area contributed by atoms with Gasteiger partial charge in [0.25, 0.3) is 5.91 Å². The van der Waals surface area contributed by atoms with Crippen LogP contribution in [-0.4, -0.2) is 47.6 Å². The van der Waals surface area contributed by atoms with Gasteiger partial charge in [-0.05, 0) is 107 Å². The van der Waals surface area contributed by atoms with Crippen LogP contribution < -0.4 is 15.4 Å². The van der Waals surface area contributed by atoms with E-state index in [-0.39, 0.29) is 23.8 Å². The first kappa shape index (κ1) is 34.7. The molecule has 0 aromatic heterocycles.